The molecule has 0 spiro atoms. The Balaban J connectivity index is 1.50. The standard InChI is InChI=1S/C14H21N5O2/c15-17-16-8-10-7-13(20)19(9-10)12-3-5-18(6-4-12)14(21)11-1-2-11/h10-12H,1-9H2. The summed E-state index contributed by atoms with van der Waals surface area (Å²) in [5.74, 6) is 0.908. The summed E-state index contributed by atoms with van der Waals surface area (Å²) in [5, 5.41) is 3.58. The van der Waals surface area contributed by atoms with Crippen molar-refractivity contribution in [2.45, 2.75) is 38.1 Å². The monoisotopic (exact) mass is 291 g/mol. The maximum Gasteiger partial charge on any atom is 0.225 e. The van der Waals surface area contributed by atoms with Crippen LogP contribution in [0.5, 0.6) is 0 Å². The van der Waals surface area contributed by atoms with Gasteiger partial charge in [-0.2, -0.15) is 0 Å². The number of likely N-dealkylation sites (tertiary alicyclic amines) is 2. The molecule has 2 heterocycles. The van der Waals surface area contributed by atoms with Gasteiger partial charge in [0.05, 0.1) is 0 Å². The molecule has 3 fully saturated rings. The van der Waals surface area contributed by atoms with E-state index >= 15 is 0 Å². The fourth-order valence-corrected chi connectivity index (χ4v) is 3.42. The van der Waals surface area contributed by atoms with Gasteiger partial charge in [-0.1, -0.05) is 5.11 Å². The third-order valence-electron chi connectivity index (χ3n) is 4.79. The largest absolute Gasteiger partial charge is 0.342 e. The van der Waals surface area contributed by atoms with Crippen molar-refractivity contribution in [2.75, 3.05) is 26.2 Å². The highest BCUT2D eigenvalue weighted by Crippen LogP contribution is 2.33. The van der Waals surface area contributed by atoms with Crippen molar-refractivity contribution in [2.24, 2.45) is 17.0 Å². The number of amides is 2. The highest BCUT2D eigenvalue weighted by Gasteiger charge is 2.38. The maximum atomic E-state index is 12.1. The zero-order valence-corrected chi connectivity index (χ0v) is 12.1. The van der Waals surface area contributed by atoms with Crippen LogP contribution in [0.1, 0.15) is 32.1 Å². The summed E-state index contributed by atoms with van der Waals surface area (Å²) in [6, 6.07) is 0.247. The smallest absolute Gasteiger partial charge is 0.225 e. The molecule has 0 N–H and O–H groups in total. The quantitative estimate of drug-likeness (QED) is 0.447. The third-order valence-corrected chi connectivity index (χ3v) is 4.79. The number of rotatable bonds is 4. The van der Waals surface area contributed by atoms with Gasteiger partial charge in [0.25, 0.3) is 0 Å². The Morgan fingerprint density at radius 3 is 2.62 bits per heavy atom. The van der Waals surface area contributed by atoms with E-state index in [0.717, 1.165) is 38.8 Å². The zero-order valence-electron chi connectivity index (χ0n) is 12.1. The van der Waals surface area contributed by atoms with Gasteiger partial charge in [-0.3, -0.25) is 9.59 Å². The van der Waals surface area contributed by atoms with Crippen molar-refractivity contribution in [3.63, 3.8) is 0 Å². The Morgan fingerprint density at radius 1 is 1.29 bits per heavy atom. The summed E-state index contributed by atoms with van der Waals surface area (Å²) in [7, 11) is 0. The summed E-state index contributed by atoms with van der Waals surface area (Å²) >= 11 is 0. The van der Waals surface area contributed by atoms with E-state index in [1.807, 2.05) is 9.80 Å². The van der Waals surface area contributed by atoms with Gasteiger partial charge < -0.3 is 9.80 Å². The summed E-state index contributed by atoms with van der Waals surface area (Å²) in [6.07, 6.45) is 4.33. The van der Waals surface area contributed by atoms with E-state index in [4.69, 9.17) is 5.53 Å². The number of azide groups is 1. The van der Waals surface area contributed by atoms with Gasteiger partial charge in [0.2, 0.25) is 11.8 Å². The van der Waals surface area contributed by atoms with Gasteiger partial charge >= 0.3 is 0 Å². The zero-order chi connectivity index (χ0) is 14.8. The van der Waals surface area contributed by atoms with E-state index in [9.17, 15) is 9.59 Å². The summed E-state index contributed by atoms with van der Waals surface area (Å²) in [6.45, 7) is 2.63. The number of piperidine rings is 1. The minimum absolute atomic E-state index is 0.152. The Bertz CT molecular complexity index is 476. The molecule has 0 radical (unpaired) electrons. The summed E-state index contributed by atoms with van der Waals surface area (Å²) < 4.78 is 0. The molecule has 0 bridgehead atoms. The highest BCUT2D eigenvalue weighted by atomic mass is 16.2. The lowest BCUT2D eigenvalue weighted by atomic mass is 10.0. The van der Waals surface area contributed by atoms with E-state index in [1.165, 1.54) is 0 Å². The molecule has 1 unspecified atom stereocenters. The van der Waals surface area contributed by atoms with E-state index in [1.54, 1.807) is 0 Å². The highest BCUT2D eigenvalue weighted by molar-refractivity contribution is 5.81. The van der Waals surface area contributed by atoms with Crippen LogP contribution < -0.4 is 0 Å². The molecule has 3 aliphatic rings. The molecule has 0 aromatic heterocycles. The predicted octanol–water partition coefficient (Wildman–Crippen LogP) is 1.55. The number of carbonyl (C=O) groups is 2. The molecule has 1 saturated carbocycles. The van der Waals surface area contributed by atoms with Crippen LogP contribution in [0.15, 0.2) is 5.11 Å². The van der Waals surface area contributed by atoms with Gasteiger partial charge in [0.15, 0.2) is 0 Å². The predicted molar refractivity (Wildman–Crippen MR) is 76.2 cm³/mol. The Labute approximate surface area is 123 Å². The van der Waals surface area contributed by atoms with Crippen LogP contribution in [0.25, 0.3) is 10.4 Å². The molecule has 2 amide bonds. The topological polar surface area (TPSA) is 89.4 Å². The molecule has 7 nitrogen and oxygen atoms in total. The lowest BCUT2D eigenvalue weighted by Crippen LogP contribution is -2.47. The Hall–Kier alpha value is -1.75. The molecule has 0 aromatic rings. The van der Waals surface area contributed by atoms with E-state index < -0.39 is 0 Å². The van der Waals surface area contributed by atoms with Crippen LogP contribution in [0, 0.1) is 11.8 Å². The minimum Gasteiger partial charge on any atom is -0.342 e. The lowest BCUT2D eigenvalue weighted by Gasteiger charge is -2.37. The molecule has 21 heavy (non-hydrogen) atoms. The molecule has 3 rings (SSSR count). The molecule has 2 saturated heterocycles. The first-order valence-corrected chi connectivity index (χ1v) is 7.78. The average Bonchev–Trinajstić information content (AvgIpc) is 3.28. The van der Waals surface area contributed by atoms with Crippen LogP contribution in [-0.2, 0) is 9.59 Å². The van der Waals surface area contributed by atoms with Gasteiger partial charge in [0.1, 0.15) is 0 Å². The molecule has 1 aliphatic carbocycles. The molecular formula is C14H21N5O2. The van der Waals surface area contributed by atoms with E-state index in [0.29, 0.717) is 25.4 Å². The van der Waals surface area contributed by atoms with Crippen molar-refractivity contribution < 1.29 is 9.59 Å². The number of nitrogens with zero attached hydrogens (tertiary/aromatic N) is 5. The van der Waals surface area contributed by atoms with Crippen LogP contribution in [0.2, 0.25) is 0 Å². The Morgan fingerprint density at radius 2 is 2.00 bits per heavy atom. The second kappa shape index (κ2) is 5.93. The third kappa shape index (κ3) is 3.13. The molecule has 1 atom stereocenters. The fourth-order valence-electron chi connectivity index (χ4n) is 3.42. The number of carbonyl (C=O) groups excluding carboxylic acids is 2. The van der Waals surface area contributed by atoms with Gasteiger partial charge in [-0.05, 0) is 37.1 Å². The van der Waals surface area contributed by atoms with Crippen molar-refractivity contribution in [1.82, 2.24) is 9.80 Å². The summed E-state index contributed by atoms with van der Waals surface area (Å²) in [4.78, 5) is 30.8. The van der Waals surface area contributed by atoms with Crippen LogP contribution in [0.3, 0.4) is 0 Å². The fraction of sp³-hybridized carbons (Fsp3) is 0.857. The molecule has 114 valence electrons. The van der Waals surface area contributed by atoms with Crippen molar-refractivity contribution in [1.29, 1.82) is 0 Å². The first-order valence-electron chi connectivity index (χ1n) is 7.78. The van der Waals surface area contributed by atoms with Gasteiger partial charge in [0, 0.05) is 49.5 Å². The van der Waals surface area contributed by atoms with Gasteiger partial charge in [-0.25, -0.2) is 0 Å². The van der Waals surface area contributed by atoms with Crippen LogP contribution in [0.4, 0.5) is 0 Å². The van der Waals surface area contributed by atoms with Crippen LogP contribution in [-0.4, -0.2) is 53.8 Å². The van der Waals surface area contributed by atoms with Gasteiger partial charge in [-0.15, -0.1) is 0 Å². The first kappa shape index (κ1) is 14.2. The molecule has 2 aliphatic heterocycles. The molecular weight excluding hydrogens is 270 g/mol. The van der Waals surface area contributed by atoms with E-state index in [-0.39, 0.29) is 23.8 Å². The minimum atomic E-state index is 0.152. The second-order valence-electron chi connectivity index (χ2n) is 6.36. The number of hydrogen-bond acceptors (Lipinski definition) is 3. The van der Waals surface area contributed by atoms with Crippen molar-refractivity contribution in [3.05, 3.63) is 10.4 Å². The lowest BCUT2D eigenvalue weighted by molar-refractivity contribution is -0.135. The molecule has 7 heteroatoms. The average molecular weight is 291 g/mol. The number of hydrogen-bond donors (Lipinski definition) is 0. The summed E-state index contributed by atoms with van der Waals surface area (Å²) in [5.41, 5.74) is 8.36. The molecule has 0 aromatic carbocycles. The maximum absolute atomic E-state index is 12.1. The Kier molecular flexibility index (Phi) is 4.01. The van der Waals surface area contributed by atoms with E-state index in [2.05, 4.69) is 10.0 Å². The SMILES string of the molecule is [N-]=[N+]=NCC1CC(=O)N(C2CCN(C(=O)C3CC3)CC2)C1. The van der Waals surface area contributed by atoms with Crippen molar-refractivity contribution >= 4 is 11.8 Å². The first-order chi connectivity index (χ1) is 10.2. The van der Waals surface area contributed by atoms with Crippen LogP contribution >= 0.6 is 0 Å². The van der Waals surface area contributed by atoms with Crippen molar-refractivity contribution in [3.8, 4) is 0 Å². The second-order valence-corrected chi connectivity index (χ2v) is 6.36. The normalized spacial score (nSPS) is 26.9.